The van der Waals surface area contributed by atoms with Crippen LogP contribution in [0.15, 0.2) is 42.5 Å². The number of hydrogen-bond donors (Lipinski definition) is 2. The van der Waals surface area contributed by atoms with E-state index in [1.165, 1.54) is 68.1 Å². The minimum absolute atomic E-state index is 0.0293. The van der Waals surface area contributed by atoms with Crippen LogP contribution in [0.3, 0.4) is 0 Å². The summed E-state index contributed by atoms with van der Waals surface area (Å²) in [7, 11) is 0. The third kappa shape index (κ3) is 5.78. The van der Waals surface area contributed by atoms with Gasteiger partial charge in [-0.2, -0.15) is 0 Å². The molecule has 6 heteroatoms. The number of rotatable bonds is 10. The van der Waals surface area contributed by atoms with E-state index in [1.54, 1.807) is 12.1 Å². The van der Waals surface area contributed by atoms with Gasteiger partial charge in [-0.25, -0.2) is 10.3 Å². The zero-order valence-corrected chi connectivity index (χ0v) is 32.1. The highest BCUT2D eigenvalue weighted by Gasteiger charge is 2.70. The molecule has 5 fully saturated rings. The van der Waals surface area contributed by atoms with Gasteiger partial charge >= 0.3 is 5.97 Å². The van der Waals surface area contributed by atoms with Gasteiger partial charge in [0.2, 0.25) is 0 Å². The Hall–Kier alpha value is -1.99. The van der Waals surface area contributed by atoms with Crippen molar-refractivity contribution < 1.29 is 19.5 Å². The Labute approximate surface area is 302 Å². The maximum Gasteiger partial charge on any atom is 0.335 e. The molecule has 1 aromatic carbocycles. The molecule has 5 aliphatic carbocycles. The van der Waals surface area contributed by atoms with Crippen LogP contribution in [0.25, 0.3) is 5.57 Å². The largest absolute Gasteiger partial charge is 0.478 e. The number of carboxylic acids is 1. The van der Waals surface area contributed by atoms with Crippen LogP contribution in [0, 0.1) is 56.7 Å². The molecule has 0 bridgehead atoms. The maximum absolute atomic E-state index is 11.6. The summed E-state index contributed by atoms with van der Waals surface area (Å²) in [5, 5.41) is 9.49. The van der Waals surface area contributed by atoms with Gasteiger partial charge in [0.25, 0.3) is 0 Å². The smallest absolute Gasteiger partial charge is 0.335 e. The second kappa shape index (κ2) is 13.5. The van der Waals surface area contributed by atoms with E-state index in [9.17, 15) is 9.90 Å². The first kappa shape index (κ1) is 36.4. The molecule has 6 aliphatic rings. The Morgan fingerprint density at radius 1 is 0.960 bits per heavy atom. The molecule has 7 rings (SSSR count). The lowest BCUT2D eigenvalue weighted by molar-refractivity contribution is -0.231. The number of ether oxygens (including phenoxy) is 1. The molecular weight excluding hydrogens is 620 g/mol. The maximum atomic E-state index is 11.6. The first-order chi connectivity index (χ1) is 23.8. The Balaban J connectivity index is 1.09. The van der Waals surface area contributed by atoms with Crippen LogP contribution in [0.1, 0.15) is 122 Å². The zero-order chi connectivity index (χ0) is 35.5. The van der Waals surface area contributed by atoms with Gasteiger partial charge < -0.3 is 14.7 Å². The number of nitrogens with zero attached hydrogens (tertiary/aromatic N) is 1. The Kier molecular flexibility index (Phi) is 9.79. The second-order valence-electron chi connectivity index (χ2n) is 19.0. The van der Waals surface area contributed by atoms with Crippen molar-refractivity contribution in [2.45, 2.75) is 106 Å². The number of fused-ring (bicyclic) bond motifs is 7. The molecule has 1 aromatic rings. The lowest BCUT2D eigenvalue weighted by Gasteiger charge is -2.72. The van der Waals surface area contributed by atoms with Crippen molar-refractivity contribution in [3.63, 3.8) is 0 Å². The molecule has 4 unspecified atom stereocenters. The molecule has 0 radical (unpaired) electrons. The van der Waals surface area contributed by atoms with Crippen molar-refractivity contribution in [1.29, 1.82) is 0 Å². The first-order valence-electron chi connectivity index (χ1n) is 20.1. The van der Waals surface area contributed by atoms with Crippen LogP contribution in [0.2, 0.25) is 0 Å². The van der Waals surface area contributed by atoms with Crippen molar-refractivity contribution in [2.75, 3.05) is 46.0 Å². The fraction of sp³-hybridized carbons (Fsp3) is 0.750. The minimum atomic E-state index is -0.858. The summed E-state index contributed by atoms with van der Waals surface area (Å²) in [4.78, 5) is 20.5. The monoisotopic (exact) mass is 687 g/mol. The summed E-state index contributed by atoms with van der Waals surface area (Å²) in [5.74, 6) is 2.41. The molecule has 2 N–H and O–H groups in total. The van der Waals surface area contributed by atoms with E-state index < -0.39 is 5.97 Å². The van der Waals surface area contributed by atoms with Crippen LogP contribution in [0.5, 0.6) is 0 Å². The third-order valence-corrected chi connectivity index (χ3v) is 16.6. The van der Waals surface area contributed by atoms with E-state index in [-0.39, 0.29) is 16.2 Å². The summed E-state index contributed by atoms with van der Waals surface area (Å²) in [6.07, 6.45) is 15.1. The number of hydroxylamine groups is 1. The Morgan fingerprint density at radius 3 is 2.40 bits per heavy atom. The van der Waals surface area contributed by atoms with Crippen LogP contribution in [0.4, 0.5) is 0 Å². The normalized spacial score (nSPS) is 40.9. The Morgan fingerprint density at radius 2 is 1.70 bits per heavy atom. The predicted molar refractivity (Wildman–Crippen MR) is 202 cm³/mol. The highest BCUT2D eigenvalue weighted by Crippen LogP contribution is 2.77. The van der Waals surface area contributed by atoms with Crippen molar-refractivity contribution in [3.8, 4) is 0 Å². The van der Waals surface area contributed by atoms with Gasteiger partial charge in [-0.15, -0.1) is 0 Å². The molecule has 0 aromatic heterocycles. The number of morpholine rings is 1. The highest BCUT2D eigenvalue weighted by molar-refractivity contribution is 5.88. The quantitative estimate of drug-likeness (QED) is 0.145. The molecule has 276 valence electrons. The summed E-state index contributed by atoms with van der Waals surface area (Å²) in [6.45, 7) is 26.6. The number of hydrogen-bond acceptors (Lipinski definition) is 5. The molecule has 1 aliphatic heterocycles. The van der Waals surface area contributed by atoms with Crippen molar-refractivity contribution >= 4 is 11.5 Å². The highest BCUT2D eigenvalue weighted by atomic mass is 16.6. The molecule has 6 nitrogen and oxygen atoms in total. The molecule has 1 saturated heterocycles. The van der Waals surface area contributed by atoms with E-state index in [1.807, 2.05) is 12.1 Å². The summed E-state index contributed by atoms with van der Waals surface area (Å²) >= 11 is 0. The lowest BCUT2D eigenvalue weighted by atomic mass is 9.32. The number of allylic oxidation sites excluding steroid dienone is 3. The third-order valence-electron chi connectivity index (χ3n) is 16.6. The Bertz CT molecular complexity index is 1460. The predicted octanol–water partition coefficient (Wildman–Crippen LogP) is 9.28. The molecule has 0 amide bonds. The fourth-order valence-corrected chi connectivity index (χ4v) is 13.9. The number of carbonyl (C=O) groups is 1. The molecule has 50 heavy (non-hydrogen) atoms. The number of benzene rings is 1. The molecule has 0 spiro atoms. The van der Waals surface area contributed by atoms with Crippen molar-refractivity contribution in [2.24, 2.45) is 56.7 Å². The number of carboxylic acid groups (broad SMARTS) is 1. The van der Waals surface area contributed by atoms with Gasteiger partial charge in [-0.3, -0.25) is 4.90 Å². The van der Waals surface area contributed by atoms with E-state index >= 15 is 0 Å². The molecule has 9 atom stereocenters. The van der Waals surface area contributed by atoms with Crippen molar-refractivity contribution in [1.82, 2.24) is 10.4 Å². The van der Waals surface area contributed by atoms with Gasteiger partial charge in [0, 0.05) is 19.6 Å². The van der Waals surface area contributed by atoms with Gasteiger partial charge in [0.1, 0.15) is 0 Å². The van der Waals surface area contributed by atoms with Gasteiger partial charge in [0.05, 0.1) is 25.4 Å². The second-order valence-corrected chi connectivity index (χ2v) is 19.0. The molecular formula is C44H66N2O4. The van der Waals surface area contributed by atoms with E-state index in [0.717, 1.165) is 58.8 Å². The lowest BCUT2D eigenvalue weighted by Crippen LogP contribution is -2.65. The topological polar surface area (TPSA) is 71.0 Å². The van der Waals surface area contributed by atoms with E-state index in [4.69, 9.17) is 9.57 Å². The molecule has 4 saturated carbocycles. The SMILES string of the molecule is C=C(C)[C@@H]1CC[C@]2(CONCCCN3CCOCC3)CC[C@]3(C)C(CCC4[C@@]5(C)CC=C(c6ccc(C(=O)O)cc6)C(C)(C)C5CC[C@]43C)C12. The van der Waals surface area contributed by atoms with Gasteiger partial charge in [0.15, 0.2) is 0 Å². The molecule has 1 heterocycles. The zero-order valence-electron chi connectivity index (χ0n) is 32.1. The minimum Gasteiger partial charge on any atom is -0.478 e. The van der Waals surface area contributed by atoms with Crippen LogP contribution in [-0.4, -0.2) is 62.0 Å². The van der Waals surface area contributed by atoms with E-state index in [2.05, 4.69) is 64.6 Å². The van der Waals surface area contributed by atoms with Crippen LogP contribution in [-0.2, 0) is 9.57 Å². The fourth-order valence-electron chi connectivity index (χ4n) is 13.9. The summed E-state index contributed by atoms with van der Waals surface area (Å²) < 4.78 is 5.52. The van der Waals surface area contributed by atoms with Crippen LogP contribution >= 0.6 is 0 Å². The van der Waals surface area contributed by atoms with E-state index in [0.29, 0.717) is 46.0 Å². The van der Waals surface area contributed by atoms with Crippen LogP contribution < -0.4 is 5.48 Å². The van der Waals surface area contributed by atoms with Crippen molar-refractivity contribution in [3.05, 3.63) is 53.6 Å². The van der Waals surface area contributed by atoms with Gasteiger partial charge in [-0.1, -0.05) is 65.0 Å². The average Bonchev–Trinajstić information content (AvgIpc) is 3.47. The standard InChI is InChI=1S/C44H66N2O4/c1-30(2)33-15-20-44(29-50-45-23-8-24-46-25-27-49-28-26-46)22-21-42(6)35(38(33)44)13-14-37-41(5)18-16-34(31-9-11-32(12-10-31)39(47)48)40(3,4)36(41)17-19-43(37,42)7/h9-12,16,33,35-38,45H,1,8,13-15,17-29H2,2-7H3,(H,47,48)/t33-,35?,36?,37?,38?,41-,42+,43+,44+/m0/s1. The van der Waals surface area contributed by atoms with Gasteiger partial charge in [-0.05, 0) is 158 Å². The summed E-state index contributed by atoms with van der Waals surface area (Å²) in [6, 6.07) is 7.64. The average molecular weight is 687 g/mol. The first-order valence-corrected chi connectivity index (χ1v) is 20.1. The summed E-state index contributed by atoms with van der Waals surface area (Å²) in [5.41, 5.74) is 8.91. The number of nitrogens with one attached hydrogen (secondary N) is 1. The number of aromatic carboxylic acids is 1.